The largest absolute Gasteiger partial charge is 0.353 e. The number of hydrogen-bond acceptors (Lipinski definition) is 1. The summed E-state index contributed by atoms with van der Waals surface area (Å²) in [7, 11) is 0. The van der Waals surface area contributed by atoms with Crippen LogP contribution in [0.25, 0.3) is 22.3 Å². The number of pyridine rings is 1. The van der Waals surface area contributed by atoms with Gasteiger partial charge in [-0.25, -0.2) is 0 Å². The highest BCUT2D eigenvalue weighted by Gasteiger charge is 2.04. The molecule has 0 fully saturated rings. The van der Waals surface area contributed by atoms with E-state index in [4.69, 9.17) is 0 Å². The van der Waals surface area contributed by atoms with Gasteiger partial charge in [-0.15, -0.1) is 0 Å². The predicted molar refractivity (Wildman–Crippen MR) is 52.7 cm³/mol. The Kier molecular flexibility index (Phi) is 1.19. The van der Waals surface area contributed by atoms with Gasteiger partial charge in [0, 0.05) is 17.1 Å². The molecule has 3 rings (SSSR count). The number of benzene rings is 1. The Morgan fingerprint density at radius 1 is 1.08 bits per heavy atom. The number of aromatic nitrogens is 2. The van der Waals surface area contributed by atoms with Crippen LogP contribution in [0, 0.1) is 0 Å². The Hall–Kier alpha value is -1.83. The van der Waals surface area contributed by atoms with Crippen LogP contribution in [0.2, 0.25) is 0 Å². The summed E-state index contributed by atoms with van der Waals surface area (Å²) in [5, 5.41) is 1.20. The lowest BCUT2D eigenvalue weighted by atomic mass is 10.1. The van der Waals surface area contributed by atoms with Crippen LogP contribution in [-0.4, -0.2) is 9.97 Å². The first-order valence-corrected chi connectivity index (χ1v) is 4.26. The van der Waals surface area contributed by atoms with Gasteiger partial charge in [0.15, 0.2) is 0 Å². The molecule has 0 aromatic heterocycles. The van der Waals surface area contributed by atoms with Crippen molar-refractivity contribution >= 4 is 10.9 Å². The molecule has 0 aliphatic carbocycles. The van der Waals surface area contributed by atoms with Crippen molar-refractivity contribution in [3.63, 3.8) is 0 Å². The second kappa shape index (κ2) is 2.33. The van der Waals surface area contributed by atoms with Crippen molar-refractivity contribution in [3.8, 4) is 11.4 Å². The SMILES string of the molecule is c1ccc2[nH]c3ccnc-3cc2c1. The maximum Gasteiger partial charge on any atom is 0.0871 e. The van der Waals surface area contributed by atoms with Crippen LogP contribution in [0.15, 0.2) is 42.6 Å². The topological polar surface area (TPSA) is 28.7 Å². The molecule has 13 heavy (non-hydrogen) atoms. The molecule has 0 atom stereocenters. The van der Waals surface area contributed by atoms with Gasteiger partial charge in [0.25, 0.3) is 0 Å². The van der Waals surface area contributed by atoms with Crippen molar-refractivity contribution in [2.24, 2.45) is 0 Å². The summed E-state index contributed by atoms with van der Waals surface area (Å²) in [5.74, 6) is 0. The Labute approximate surface area is 75.6 Å². The lowest BCUT2D eigenvalue weighted by Crippen LogP contribution is -1.84. The molecule has 2 heteroatoms. The van der Waals surface area contributed by atoms with E-state index in [0.717, 1.165) is 16.9 Å². The second-order valence-corrected chi connectivity index (χ2v) is 3.10. The smallest absolute Gasteiger partial charge is 0.0871 e. The zero-order valence-corrected chi connectivity index (χ0v) is 6.99. The fraction of sp³-hybridized carbons (Fsp3) is 0. The van der Waals surface area contributed by atoms with Crippen molar-refractivity contribution < 1.29 is 0 Å². The molecular weight excluding hydrogens is 160 g/mol. The number of hydrogen-bond donors (Lipinski definition) is 1. The molecule has 0 bridgehead atoms. The zero-order valence-electron chi connectivity index (χ0n) is 6.99. The molecule has 1 aromatic rings. The Bertz CT molecular complexity index is 478. The first kappa shape index (κ1) is 6.66. The quantitative estimate of drug-likeness (QED) is 0.549. The summed E-state index contributed by atoms with van der Waals surface area (Å²) in [4.78, 5) is 7.56. The van der Waals surface area contributed by atoms with Crippen LogP contribution < -0.4 is 0 Å². The number of rotatable bonds is 0. The van der Waals surface area contributed by atoms with E-state index in [1.807, 2.05) is 24.4 Å². The monoisotopic (exact) mass is 168 g/mol. The lowest BCUT2D eigenvalue weighted by molar-refractivity contribution is 1.35. The fourth-order valence-electron chi connectivity index (χ4n) is 1.60. The minimum Gasteiger partial charge on any atom is -0.353 e. The van der Waals surface area contributed by atoms with Crippen LogP contribution in [0.5, 0.6) is 0 Å². The third kappa shape index (κ3) is 0.920. The van der Waals surface area contributed by atoms with Gasteiger partial charge in [-0.05, 0) is 18.2 Å². The molecule has 0 radical (unpaired) electrons. The number of H-pyrrole nitrogens is 1. The van der Waals surface area contributed by atoms with E-state index in [0.29, 0.717) is 0 Å². The maximum absolute atomic E-state index is 4.24. The van der Waals surface area contributed by atoms with Gasteiger partial charge in [0.2, 0.25) is 0 Å². The number of aromatic amines is 1. The third-order valence-corrected chi connectivity index (χ3v) is 2.25. The summed E-state index contributed by atoms with van der Waals surface area (Å²) in [6, 6.07) is 12.3. The second-order valence-electron chi connectivity index (χ2n) is 3.10. The summed E-state index contributed by atoms with van der Waals surface area (Å²) in [5.41, 5.74) is 3.28. The van der Waals surface area contributed by atoms with Gasteiger partial charge in [-0.1, -0.05) is 18.2 Å². The highest BCUT2D eigenvalue weighted by atomic mass is 14.8. The van der Waals surface area contributed by atoms with E-state index in [1.54, 1.807) is 0 Å². The summed E-state index contributed by atoms with van der Waals surface area (Å²) < 4.78 is 0. The van der Waals surface area contributed by atoms with Crippen LogP contribution in [0.3, 0.4) is 0 Å². The van der Waals surface area contributed by atoms with Crippen LogP contribution in [0.1, 0.15) is 0 Å². The van der Waals surface area contributed by atoms with E-state index in [1.165, 1.54) is 5.39 Å². The standard InChI is InChI=1S/C11H8N2/c1-2-4-9-8(3-1)7-11-10(13-9)5-6-12-11/h1-7,13H. The molecule has 0 unspecified atom stereocenters. The molecular formula is C11H8N2. The van der Waals surface area contributed by atoms with Crippen molar-refractivity contribution in [2.75, 3.05) is 0 Å². The number of para-hydroxylation sites is 1. The van der Waals surface area contributed by atoms with Gasteiger partial charge in [0.05, 0.1) is 11.4 Å². The highest BCUT2D eigenvalue weighted by molar-refractivity contribution is 5.84. The average molecular weight is 168 g/mol. The molecule has 62 valence electrons. The van der Waals surface area contributed by atoms with Gasteiger partial charge < -0.3 is 4.98 Å². The van der Waals surface area contributed by atoms with Crippen LogP contribution in [-0.2, 0) is 0 Å². The number of nitrogens with zero attached hydrogens (tertiary/aromatic N) is 1. The van der Waals surface area contributed by atoms with Gasteiger partial charge in [-0.3, -0.25) is 4.98 Å². The predicted octanol–water partition coefficient (Wildman–Crippen LogP) is 2.67. The Morgan fingerprint density at radius 3 is 3.00 bits per heavy atom. The van der Waals surface area contributed by atoms with E-state index in [9.17, 15) is 0 Å². The minimum atomic E-state index is 1.03. The third-order valence-electron chi connectivity index (χ3n) is 2.25. The van der Waals surface area contributed by atoms with E-state index in [-0.39, 0.29) is 0 Å². The molecule has 0 spiro atoms. The molecule has 2 aliphatic rings. The zero-order chi connectivity index (χ0) is 8.67. The average Bonchev–Trinajstić information content (AvgIpc) is 2.61. The molecule has 2 heterocycles. The Balaban J connectivity index is 2.52. The lowest BCUT2D eigenvalue weighted by Gasteiger charge is -2.01. The summed E-state index contributed by atoms with van der Waals surface area (Å²) in [6.07, 6.45) is 1.82. The number of nitrogens with one attached hydrogen (secondary N) is 1. The first-order chi connectivity index (χ1) is 6.43. The maximum atomic E-state index is 4.24. The molecule has 0 saturated carbocycles. The van der Waals surface area contributed by atoms with Gasteiger partial charge in [0.1, 0.15) is 0 Å². The highest BCUT2D eigenvalue weighted by Crippen LogP contribution is 2.22. The fourth-order valence-corrected chi connectivity index (χ4v) is 1.60. The van der Waals surface area contributed by atoms with Crippen molar-refractivity contribution in [3.05, 3.63) is 42.6 Å². The van der Waals surface area contributed by atoms with E-state index < -0.39 is 0 Å². The molecule has 1 aromatic carbocycles. The van der Waals surface area contributed by atoms with Crippen LogP contribution in [0.4, 0.5) is 0 Å². The molecule has 1 N–H and O–H groups in total. The molecule has 2 aliphatic heterocycles. The first-order valence-electron chi connectivity index (χ1n) is 4.26. The summed E-state index contributed by atoms with van der Waals surface area (Å²) in [6.45, 7) is 0. The van der Waals surface area contributed by atoms with Gasteiger partial charge in [-0.2, -0.15) is 0 Å². The molecule has 0 amide bonds. The normalized spacial score (nSPS) is 11.1. The van der Waals surface area contributed by atoms with E-state index >= 15 is 0 Å². The van der Waals surface area contributed by atoms with Crippen molar-refractivity contribution in [1.82, 2.24) is 9.97 Å². The minimum absolute atomic E-state index is 1.03. The number of fused-ring (bicyclic) bond motifs is 2. The Morgan fingerprint density at radius 2 is 2.00 bits per heavy atom. The van der Waals surface area contributed by atoms with Crippen molar-refractivity contribution in [1.29, 1.82) is 0 Å². The van der Waals surface area contributed by atoms with Gasteiger partial charge >= 0.3 is 0 Å². The molecule has 0 saturated heterocycles. The van der Waals surface area contributed by atoms with E-state index in [2.05, 4.69) is 28.2 Å². The summed E-state index contributed by atoms with van der Waals surface area (Å²) >= 11 is 0. The van der Waals surface area contributed by atoms with Crippen molar-refractivity contribution in [2.45, 2.75) is 0 Å². The van der Waals surface area contributed by atoms with Crippen LogP contribution >= 0.6 is 0 Å². The molecule has 2 nitrogen and oxygen atoms in total.